The second kappa shape index (κ2) is 5.98. The Kier molecular flexibility index (Phi) is 4.06. The summed E-state index contributed by atoms with van der Waals surface area (Å²) in [5.41, 5.74) is 0.890. The summed E-state index contributed by atoms with van der Waals surface area (Å²) in [5.74, 6) is -0.661. The van der Waals surface area contributed by atoms with Crippen LogP contribution in [0.15, 0.2) is 30.3 Å². The maximum Gasteiger partial charge on any atom is 0.237 e. The average molecular weight is 287 g/mol. The second-order valence-corrected chi connectivity index (χ2v) is 6.04. The summed E-state index contributed by atoms with van der Waals surface area (Å²) >= 11 is 0. The van der Waals surface area contributed by atoms with E-state index in [2.05, 4.69) is 0 Å². The molecule has 1 aliphatic carbocycles. The van der Waals surface area contributed by atoms with Gasteiger partial charge in [-0.25, -0.2) is 0 Å². The van der Waals surface area contributed by atoms with Gasteiger partial charge in [0.05, 0.1) is 18.1 Å². The van der Waals surface area contributed by atoms with Gasteiger partial charge in [0.25, 0.3) is 0 Å². The molecule has 2 amide bonds. The third-order valence-electron chi connectivity index (χ3n) is 4.66. The van der Waals surface area contributed by atoms with Crippen molar-refractivity contribution in [1.29, 1.82) is 0 Å². The SMILES string of the molecule is O=C1CC(c2ccccc2)C(=O)N1C1CCCCCC1O. The van der Waals surface area contributed by atoms with Gasteiger partial charge in [-0.3, -0.25) is 14.5 Å². The normalized spacial score (nSPS) is 30.5. The Morgan fingerprint density at radius 3 is 2.48 bits per heavy atom. The summed E-state index contributed by atoms with van der Waals surface area (Å²) in [6.45, 7) is 0. The monoisotopic (exact) mass is 287 g/mol. The lowest BCUT2D eigenvalue weighted by Crippen LogP contribution is -2.46. The highest BCUT2D eigenvalue weighted by Gasteiger charge is 2.44. The molecule has 1 heterocycles. The van der Waals surface area contributed by atoms with Crippen molar-refractivity contribution in [2.45, 2.75) is 56.6 Å². The van der Waals surface area contributed by atoms with E-state index in [1.54, 1.807) is 0 Å². The molecule has 2 aliphatic rings. The predicted molar refractivity (Wildman–Crippen MR) is 78.5 cm³/mol. The highest BCUT2D eigenvalue weighted by atomic mass is 16.3. The molecule has 3 atom stereocenters. The second-order valence-electron chi connectivity index (χ2n) is 6.04. The van der Waals surface area contributed by atoms with Crippen molar-refractivity contribution in [3.63, 3.8) is 0 Å². The lowest BCUT2D eigenvalue weighted by atomic mass is 9.97. The standard InChI is InChI=1S/C17H21NO3/c19-15-10-6-2-5-9-14(15)18-16(20)11-13(17(18)21)12-7-3-1-4-8-12/h1,3-4,7-8,13-15,19H,2,5-6,9-11H2. The maximum absolute atomic E-state index is 12.7. The van der Waals surface area contributed by atoms with Crippen molar-refractivity contribution >= 4 is 11.8 Å². The van der Waals surface area contributed by atoms with Crippen LogP contribution in [0, 0.1) is 0 Å². The first kappa shape index (κ1) is 14.3. The lowest BCUT2D eigenvalue weighted by molar-refractivity contribution is -0.144. The molecular weight excluding hydrogens is 266 g/mol. The van der Waals surface area contributed by atoms with Crippen LogP contribution >= 0.6 is 0 Å². The van der Waals surface area contributed by atoms with Crippen LogP contribution in [0.3, 0.4) is 0 Å². The molecule has 2 fully saturated rings. The van der Waals surface area contributed by atoms with Gasteiger partial charge in [-0.15, -0.1) is 0 Å². The molecule has 0 spiro atoms. The first-order valence-electron chi connectivity index (χ1n) is 7.77. The summed E-state index contributed by atoms with van der Waals surface area (Å²) in [4.78, 5) is 26.3. The summed E-state index contributed by atoms with van der Waals surface area (Å²) in [6, 6.07) is 9.12. The van der Waals surface area contributed by atoms with Crippen LogP contribution in [0.5, 0.6) is 0 Å². The van der Waals surface area contributed by atoms with Crippen LogP contribution in [0.1, 0.15) is 50.0 Å². The number of hydrogen-bond donors (Lipinski definition) is 1. The van der Waals surface area contributed by atoms with Crippen molar-refractivity contribution in [3.8, 4) is 0 Å². The molecule has 0 aromatic heterocycles. The van der Waals surface area contributed by atoms with Crippen LogP contribution in [0.2, 0.25) is 0 Å². The number of benzene rings is 1. The highest BCUT2D eigenvalue weighted by Crippen LogP contribution is 2.34. The fourth-order valence-electron chi connectivity index (χ4n) is 3.51. The van der Waals surface area contributed by atoms with Gasteiger partial charge in [0, 0.05) is 6.42 Å². The molecule has 112 valence electrons. The number of aliphatic hydroxyl groups is 1. The van der Waals surface area contributed by atoms with Crippen LogP contribution in [0.4, 0.5) is 0 Å². The third-order valence-corrected chi connectivity index (χ3v) is 4.66. The van der Waals surface area contributed by atoms with E-state index in [9.17, 15) is 14.7 Å². The Labute approximate surface area is 124 Å². The summed E-state index contributed by atoms with van der Waals surface area (Å²) in [6.07, 6.45) is 4.05. The van der Waals surface area contributed by atoms with E-state index in [0.717, 1.165) is 31.2 Å². The molecule has 1 N–H and O–H groups in total. The Morgan fingerprint density at radius 1 is 1.00 bits per heavy atom. The van der Waals surface area contributed by atoms with Crippen molar-refractivity contribution in [2.24, 2.45) is 0 Å². The molecule has 1 saturated heterocycles. The molecule has 21 heavy (non-hydrogen) atoms. The van der Waals surface area contributed by atoms with Gasteiger partial charge < -0.3 is 5.11 Å². The molecule has 3 unspecified atom stereocenters. The minimum Gasteiger partial charge on any atom is -0.391 e. The molecule has 3 rings (SSSR count). The first-order valence-corrected chi connectivity index (χ1v) is 7.77. The van der Waals surface area contributed by atoms with E-state index >= 15 is 0 Å². The predicted octanol–water partition coefficient (Wildman–Crippen LogP) is 2.22. The van der Waals surface area contributed by atoms with Crippen molar-refractivity contribution < 1.29 is 14.7 Å². The van der Waals surface area contributed by atoms with Crippen LogP contribution in [-0.2, 0) is 9.59 Å². The zero-order valence-electron chi connectivity index (χ0n) is 12.1. The molecular formula is C17H21NO3. The number of nitrogens with zero attached hydrogens (tertiary/aromatic N) is 1. The molecule has 0 radical (unpaired) electrons. The first-order chi connectivity index (χ1) is 10.2. The minimum atomic E-state index is -0.574. The highest BCUT2D eigenvalue weighted by molar-refractivity contribution is 6.06. The number of hydrogen-bond acceptors (Lipinski definition) is 3. The maximum atomic E-state index is 12.7. The number of likely N-dealkylation sites (tertiary alicyclic amines) is 1. The number of aliphatic hydroxyl groups excluding tert-OH is 1. The third kappa shape index (κ3) is 2.72. The number of amides is 2. The topological polar surface area (TPSA) is 57.6 Å². The van der Waals surface area contributed by atoms with E-state index in [1.165, 1.54) is 4.90 Å². The van der Waals surface area contributed by atoms with E-state index in [4.69, 9.17) is 0 Å². The van der Waals surface area contributed by atoms with Crippen LogP contribution in [-0.4, -0.2) is 34.0 Å². The largest absolute Gasteiger partial charge is 0.391 e. The smallest absolute Gasteiger partial charge is 0.237 e. The Balaban J connectivity index is 1.83. The Morgan fingerprint density at radius 2 is 1.71 bits per heavy atom. The van der Waals surface area contributed by atoms with Crippen LogP contribution in [0.25, 0.3) is 0 Å². The fraction of sp³-hybridized carbons (Fsp3) is 0.529. The molecule has 1 saturated carbocycles. The van der Waals surface area contributed by atoms with Gasteiger partial charge in [-0.05, 0) is 18.4 Å². The van der Waals surface area contributed by atoms with Gasteiger partial charge in [-0.1, -0.05) is 49.6 Å². The molecule has 4 nitrogen and oxygen atoms in total. The number of imide groups is 1. The van der Waals surface area contributed by atoms with E-state index in [0.29, 0.717) is 6.42 Å². The molecule has 4 heteroatoms. The summed E-state index contributed by atoms with van der Waals surface area (Å²) < 4.78 is 0. The molecule has 1 aliphatic heterocycles. The Bertz CT molecular complexity index is 528. The zero-order chi connectivity index (χ0) is 14.8. The number of carbonyl (C=O) groups is 2. The van der Waals surface area contributed by atoms with Crippen molar-refractivity contribution in [1.82, 2.24) is 4.90 Å². The van der Waals surface area contributed by atoms with Crippen LogP contribution < -0.4 is 0 Å². The van der Waals surface area contributed by atoms with E-state index < -0.39 is 6.10 Å². The van der Waals surface area contributed by atoms with Crippen molar-refractivity contribution in [2.75, 3.05) is 0 Å². The van der Waals surface area contributed by atoms with E-state index in [1.807, 2.05) is 30.3 Å². The number of rotatable bonds is 2. The molecule has 1 aromatic rings. The van der Waals surface area contributed by atoms with Gasteiger partial charge in [0.15, 0.2) is 0 Å². The van der Waals surface area contributed by atoms with Gasteiger partial charge in [0.2, 0.25) is 11.8 Å². The molecule has 0 bridgehead atoms. The minimum absolute atomic E-state index is 0.139. The molecule has 1 aromatic carbocycles. The average Bonchev–Trinajstić information content (AvgIpc) is 2.65. The van der Waals surface area contributed by atoms with E-state index in [-0.39, 0.29) is 30.2 Å². The number of carbonyl (C=O) groups excluding carboxylic acids is 2. The Hall–Kier alpha value is -1.68. The zero-order valence-corrected chi connectivity index (χ0v) is 12.1. The van der Waals surface area contributed by atoms with Gasteiger partial charge in [0.1, 0.15) is 0 Å². The summed E-state index contributed by atoms with van der Waals surface area (Å²) in [7, 11) is 0. The van der Waals surface area contributed by atoms with Gasteiger partial charge in [-0.2, -0.15) is 0 Å². The summed E-state index contributed by atoms with van der Waals surface area (Å²) in [5, 5.41) is 10.3. The quantitative estimate of drug-likeness (QED) is 0.670. The lowest BCUT2D eigenvalue weighted by Gasteiger charge is -2.29. The van der Waals surface area contributed by atoms with Gasteiger partial charge >= 0.3 is 0 Å². The van der Waals surface area contributed by atoms with Crippen molar-refractivity contribution in [3.05, 3.63) is 35.9 Å². The fourth-order valence-corrected chi connectivity index (χ4v) is 3.51.